The maximum absolute atomic E-state index is 11.6. The Labute approximate surface area is 103 Å². The van der Waals surface area contributed by atoms with Crippen LogP contribution in [-0.2, 0) is 9.53 Å². The van der Waals surface area contributed by atoms with E-state index >= 15 is 0 Å². The summed E-state index contributed by atoms with van der Waals surface area (Å²) in [6.45, 7) is 8.62. The summed E-state index contributed by atoms with van der Waals surface area (Å²) >= 11 is 0. The van der Waals surface area contributed by atoms with Crippen molar-refractivity contribution in [2.24, 2.45) is 17.3 Å². The number of hydrogen-bond donors (Lipinski definition) is 0. The van der Waals surface area contributed by atoms with E-state index < -0.39 is 0 Å². The fourth-order valence-electron chi connectivity index (χ4n) is 3.81. The number of rotatable bonds is 0. The normalized spacial score (nSPS) is 44.8. The number of hydrogen-bond acceptors (Lipinski definition) is 2. The molecule has 4 atom stereocenters. The number of fused-ring (bicyclic) bond motifs is 2. The fourth-order valence-corrected chi connectivity index (χ4v) is 3.81. The quantitative estimate of drug-likeness (QED) is 0.364. The van der Waals surface area contributed by atoms with E-state index in [-0.39, 0.29) is 23.4 Å². The molecular weight excluding hydrogens is 212 g/mol. The van der Waals surface area contributed by atoms with Gasteiger partial charge in [0.25, 0.3) is 0 Å². The molecule has 0 N–H and O–H groups in total. The van der Waals surface area contributed by atoms with Crippen LogP contribution in [0.2, 0.25) is 0 Å². The minimum atomic E-state index is -0.171. The third-order valence-electron chi connectivity index (χ3n) is 5.29. The van der Waals surface area contributed by atoms with Crippen molar-refractivity contribution in [2.75, 3.05) is 0 Å². The molecule has 1 heterocycles. The molecule has 0 unspecified atom stereocenters. The zero-order valence-electron chi connectivity index (χ0n) is 10.7. The summed E-state index contributed by atoms with van der Waals surface area (Å²) in [5, 5.41) is 0. The van der Waals surface area contributed by atoms with Crippen molar-refractivity contribution in [1.29, 1.82) is 0 Å². The maximum Gasteiger partial charge on any atom is 0.334 e. The summed E-state index contributed by atoms with van der Waals surface area (Å²) in [7, 11) is 0. The molecule has 1 saturated heterocycles. The van der Waals surface area contributed by atoms with Crippen LogP contribution in [-0.4, -0.2) is 12.1 Å². The summed E-state index contributed by atoms with van der Waals surface area (Å²) in [5.74, 6) is 0.785. The molecular formula is C15H20O2. The molecule has 0 aromatic heterocycles. The average molecular weight is 232 g/mol. The average Bonchev–Trinajstić information content (AvgIpc) is 2.55. The minimum absolute atomic E-state index is 0.0691. The number of esters is 1. The van der Waals surface area contributed by atoms with E-state index in [0.29, 0.717) is 11.5 Å². The molecule has 0 radical (unpaired) electrons. The second-order valence-corrected chi connectivity index (χ2v) is 6.11. The Hall–Kier alpha value is -1.05. The largest absolute Gasteiger partial charge is 0.458 e. The molecule has 3 aliphatic rings. The highest BCUT2D eigenvalue weighted by Crippen LogP contribution is 2.55. The van der Waals surface area contributed by atoms with Gasteiger partial charge in [-0.2, -0.15) is 0 Å². The first-order valence-electron chi connectivity index (χ1n) is 6.61. The van der Waals surface area contributed by atoms with Crippen LogP contribution in [0.25, 0.3) is 0 Å². The molecule has 2 fully saturated rings. The molecule has 3 rings (SSSR count). The Morgan fingerprint density at radius 3 is 3.06 bits per heavy atom. The Bertz CT molecular complexity index is 421. The molecule has 2 aliphatic carbocycles. The molecule has 17 heavy (non-hydrogen) atoms. The van der Waals surface area contributed by atoms with Crippen LogP contribution in [0.5, 0.6) is 0 Å². The molecule has 2 heteroatoms. The zero-order valence-corrected chi connectivity index (χ0v) is 10.7. The van der Waals surface area contributed by atoms with Gasteiger partial charge in [-0.3, -0.25) is 0 Å². The predicted octanol–water partition coefficient (Wildman–Crippen LogP) is 3.24. The molecule has 2 nitrogen and oxygen atoms in total. The van der Waals surface area contributed by atoms with E-state index in [2.05, 4.69) is 26.5 Å². The molecule has 1 aliphatic heterocycles. The van der Waals surface area contributed by atoms with Crippen LogP contribution in [0.3, 0.4) is 0 Å². The Kier molecular flexibility index (Phi) is 2.26. The van der Waals surface area contributed by atoms with E-state index in [1.807, 2.05) is 0 Å². The fraction of sp³-hybridized carbons (Fsp3) is 0.667. The van der Waals surface area contributed by atoms with Gasteiger partial charge in [-0.25, -0.2) is 4.79 Å². The Morgan fingerprint density at radius 2 is 2.29 bits per heavy atom. The van der Waals surface area contributed by atoms with E-state index in [4.69, 9.17) is 4.74 Å². The van der Waals surface area contributed by atoms with Gasteiger partial charge >= 0.3 is 5.97 Å². The third kappa shape index (κ3) is 1.42. The van der Waals surface area contributed by atoms with Crippen molar-refractivity contribution >= 4 is 5.97 Å². The van der Waals surface area contributed by atoms with Crippen LogP contribution in [0.15, 0.2) is 23.8 Å². The predicted molar refractivity (Wildman–Crippen MR) is 66.3 cm³/mol. The monoisotopic (exact) mass is 232 g/mol. The first-order valence-corrected chi connectivity index (χ1v) is 6.61. The van der Waals surface area contributed by atoms with Crippen LogP contribution in [0.4, 0.5) is 0 Å². The molecule has 1 saturated carbocycles. The number of carbonyl (C=O) groups excluding carboxylic acids is 1. The van der Waals surface area contributed by atoms with Crippen molar-refractivity contribution in [2.45, 2.75) is 45.6 Å². The van der Waals surface area contributed by atoms with Gasteiger partial charge in [0, 0.05) is 17.9 Å². The molecule has 0 bridgehead atoms. The lowest BCUT2D eigenvalue weighted by molar-refractivity contribution is -0.139. The van der Waals surface area contributed by atoms with E-state index in [1.165, 1.54) is 18.4 Å². The maximum atomic E-state index is 11.6. The molecule has 92 valence electrons. The van der Waals surface area contributed by atoms with Crippen molar-refractivity contribution in [3.63, 3.8) is 0 Å². The van der Waals surface area contributed by atoms with Crippen LogP contribution in [0, 0.1) is 17.3 Å². The van der Waals surface area contributed by atoms with Crippen molar-refractivity contribution in [1.82, 2.24) is 0 Å². The van der Waals surface area contributed by atoms with Gasteiger partial charge in [-0.1, -0.05) is 32.1 Å². The lowest BCUT2D eigenvalue weighted by Gasteiger charge is -2.47. The minimum Gasteiger partial charge on any atom is -0.458 e. The lowest BCUT2D eigenvalue weighted by atomic mass is 9.57. The Morgan fingerprint density at radius 1 is 1.53 bits per heavy atom. The van der Waals surface area contributed by atoms with Crippen molar-refractivity contribution in [3.05, 3.63) is 23.8 Å². The van der Waals surface area contributed by atoms with Gasteiger partial charge in [0.1, 0.15) is 6.10 Å². The first kappa shape index (κ1) is 11.1. The summed E-state index contributed by atoms with van der Waals surface area (Å²) in [6.07, 6.45) is 6.85. The smallest absolute Gasteiger partial charge is 0.334 e. The van der Waals surface area contributed by atoms with Gasteiger partial charge in [0.2, 0.25) is 0 Å². The number of allylic oxidation sites excluding steroid dienone is 1. The van der Waals surface area contributed by atoms with Gasteiger partial charge in [-0.05, 0) is 30.6 Å². The van der Waals surface area contributed by atoms with Crippen LogP contribution in [0.1, 0.15) is 39.5 Å². The Balaban J connectivity index is 1.96. The summed E-state index contributed by atoms with van der Waals surface area (Å²) in [5.41, 5.74) is 2.48. The second kappa shape index (κ2) is 3.47. The number of carbonyl (C=O) groups is 1. The van der Waals surface area contributed by atoms with Crippen molar-refractivity contribution < 1.29 is 9.53 Å². The second-order valence-electron chi connectivity index (χ2n) is 6.11. The highest BCUT2D eigenvalue weighted by atomic mass is 16.6. The van der Waals surface area contributed by atoms with E-state index in [1.54, 1.807) is 0 Å². The first-order chi connectivity index (χ1) is 8.02. The summed E-state index contributed by atoms with van der Waals surface area (Å²) in [6, 6.07) is 0. The van der Waals surface area contributed by atoms with Gasteiger partial charge < -0.3 is 4.74 Å². The zero-order chi connectivity index (χ0) is 12.2. The highest BCUT2D eigenvalue weighted by Gasteiger charge is 2.51. The van der Waals surface area contributed by atoms with Gasteiger partial charge in [0.05, 0.1) is 0 Å². The molecule has 0 amide bonds. The van der Waals surface area contributed by atoms with Crippen LogP contribution < -0.4 is 0 Å². The van der Waals surface area contributed by atoms with Gasteiger partial charge in [-0.15, -0.1) is 0 Å². The van der Waals surface area contributed by atoms with E-state index in [0.717, 1.165) is 12.8 Å². The molecule has 0 spiro atoms. The van der Waals surface area contributed by atoms with E-state index in [9.17, 15) is 4.79 Å². The molecule has 0 aromatic rings. The number of ether oxygens (including phenoxy) is 1. The SMILES string of the molecule is C=C1C(=O)O[C@H]2CC3=CCC[C@H](C)[C@@]3(C)C[C@@H]12. The summed E-state index contributed by atoms with van der Waals surface area (Å²) in [4.78, 5) is 11.6. The molecule has 0 aromatic carbocycles. The van der Waals surface area contributed by atoms with Crippen LogP contribution >= 0.6 is 0 Å². The highest BCUT2D eigenvalue weighted by molar-refractivity contribution is 5.91. The standard InChI is InChI=1S/C15H20O2/c1-9-5-4-6-11-7-13-12(8-15(9,11)3)10(2)14(16)17-13/h6,9,12-13H,2,4-5,7-8H2,1,3H3/t9-,12-,13-,15+/m0/s1. The van der Waals surface area contributed by atoms with Gasteiger partial charge in [0.15, 0.2) is 0 Å². The van der Waals surface area contributed by atoms with Crippen molar-refractivity contribution in [3.8, 4) is 0 Å². The topological polar surface area (TPSA) is 26.3 Å². The summed E-state index contributed by atoms with van der Waals surface area (Å²) < 4.78 is 5.43. The lowest BCUT2D eigenvalue weighted by Crippen LogP contribution is -2.40. The third-order valence-corrected chi connectivity index (χ3v) is 5.29.